The van der Waals surface area contributed by atoms with Crippen LogP contribution in [0.1, 0.15) is 37.5 Å². The molecule has 1 amide bonds. The Labute approximate surface area is 227 Å². The van der Waals surface area contributed by atoms with E-state index in [-0.39, 0.29) is 11.3 Å². The number of anilines is 2. The molecule has 4 N–H and O–H groups in total. The summed E-state index contributed by atoms with van der Waals surface area (Å²) in [6.45, 7) is 7.65. The highest BCUT2D eigenvalue weighted by atomic mass is 35.5. The first kappa shape index (κ1) is 28.4. The Hall–Kier alpha value is -3.13. The Bertz CT molecular complexity index is 1300. The molecule has 6 nitrogen and oxygen atoms in total. The summed E-state index contributed by atoms with van der Waals surface area (Å²) in [6.07, 6.45) is 1.53. The summed E-state index contributed by atoms with van der Waals surface area (Å²) in [5.41, 5.74) is 10.6. The van der Waals surface area contributed by atoms with Gasteiger partial charge in [-0.25, -0.2) is 4.21 Å². The maximum atomic E-state index is 13.1. The van der Waals surface area contributed by atoms with Crippen molar-refractivity contribution in [1.29, 1.82) is 0 Å². The third kappa shape index (κ3) is 8.18. The van der Waals surface area contributed by atoms with Crippen LogP contribution in [0, 0.1) is 0 Å². The van der Waals surface area contributed by atoms with Gasteiger partial charge < -0.3 is 20.7 Å². The molecule has 37 heavy (non-hydrogen) atoms. The van der Waals surface area contributed by atoms with Crippen molar-refractivity contribution in [2.75, 3.05) is 37.6 Å². The van der Waals surface area contributed by atoms with Gasteiger partial charge in [-0.15, -0.1) is 0 Å². The van der Waals surface area contributed by atoms with Gasteiger partial charge >= 0.3 is 0 Å². The third-order valence-corrected chi connectivity index (χ3v) is 7.11. The highest BCUT2D eigenvalue weighted by Gasteiger charge is 2.16. The normalized spacial score (nSPS) is 12.9. The number of amides is 1. The summed E-state index contributed by atoms with van der Waals surface area (Å²) >= 11 is 6.26. The van der Waals surface area contributed by atoms with Gasteiger partial charge in [0.1, 0.15) is 11.0 Å². The number of rotatable bonds is 9. The highest BCUT2D eigenvalue weighted by molar-refractivity contribution is 7.86. The quantitative estimate of drug-likeness (QED) is 0.249. The molecule has 0 saturated heterocycles. The first-order chi connectivity index (χ1) is 17.4. The number of nitrogens with two attached hydrogens (primary N) is 1. The van der Waals surface area contributed by atoms with E-state index in [0.29, 0.717) is 39.0 Å². The summed E-state index contributed by atoms with van der Waals surface area (Å²) in [4.78, 5) is 15.4. The second kappa shape index (κ2) is 12.4. The van der Waals surface area contributed by atoms with E-state index < -0.39 is 11.0 Å². The van der Waals surface area contributed by atoms with Gasteiger partial charge in [-0.1, -0.05) is 56.6 Å². The van der Waals surface area contributed by atoms with Crippen molar-refractivity contribution in [1.82, 2.24) is 10.2 Å². The summed E-state index contributed by atoms with van der Waals surface area (Å²) in [5, 5.41) is 3.45. The Balaban J connectivity index is 1.92. The lowest BCUT2D eigenvalue weighted by molar-refractivity contribution is -0.116. The molecule has 0 heterocycles. The molecule has 0 aliphatic heterocycles. The maximum Gasteiger partial charge on any atom is 0.244 e. The zero-order chi connectivity index (χ0) is 27.2. The van der Waals surface area contributed by atoms with Crippen LogP contribution >= 0.6 is 11.6 Å². The number of carbonyl (C=O) groups is 1. The number of hydrogen-bond acceptors (Lipinski definition) is 4. The Morgan fingerprint density at radius 3 is 2.38 bits per heavy atom. The van der Waals surface area contributed by atoms with E-state index in [9.17, 15) is 9.00 Å². The van der Waals surface area contributed by atoms with Gasteiger partial charge in [-0.05, 0) is 78.7 Å². The lowest BCUT2D eigenvalue weighted by Gasteiger charge is -2.19. The van der Waals surface area contributed by atoms with E-state index in [4.69, 9.17) is 17.3 Å². The van der Waals surface area contributed by atoms with Crippen molar-refractivity contribution >= 4 is 45.4 Å². The van der Waals surface area contributed by atoms with Crippen molar-refractivity contribution < 1.29 is 9.00 Å². The first-order valence-corrected chi connectivity index (χ1v) is 13.6. The summed E-state index contributed by atoms with van der Waals surface area (Å²) < 4.78 is 16.1. The van der Waals surface area contributed by atoms with Gasteiger partial charge in [-0.2, -0.15) is 0 Å². The molecule has 0 aliphatic rings. The van der Waals surface area contributed by atoms with Crippen LogP contribution in [-0.4, -0.2) is 42.2 Å². The van der Waals surface area contributed by atoms with E-state index in [1.54, 1.807) is 30.3 Å². The maximum absolute atomic E-state index is 13.1. The molecular weight excluding hydrogens is 504 g/mol. The highest BCUT2D eigenvalue weighted by Crippen LogP contribution is 2.32. The van der Waals surface area contributed by atoms with Gasteiger partial charge in [0.15, 0.2) is 0 Å². The van der Waals surface area contributed by atoms with Gasteiger partial charge in [-0.3, -0.25) is 4.79 Å². The lowest BCUT2D eigenvalue weighted by Crippen LogP contribution is -2.30. The van der Waals surface area contributed by atoms with E-state index in [2.05, 4.69) is 30.8 Å². The van der Waals surface area contributed by atoms with Crippen LogP contribution < -0.4 is 15.8 Å². The summed E-state index contributed by atoms with van der Waals surface area (Å²) in [7, 11) is 2.41. The van der Waals surface area contributed by atoms with E-state index in [0.717, 1.165) is 12.1 Å². The number of nitrogens with one attached hydrogen (secondary N) is 2. The minimum atomic E-state index is -1.48. The number of hydrogen-bond donors (Lipinski definition) is 3. The molecule has 1 unspecified atom stereocenters. The molecule has 0 radical (unpaired) electrons. The number of likely N-dealkylation sites (N-methyl/N-ethyl adjacent to an activating group) is 1. The molecule has 0 aromatic heterocycles. The molecule has 8 heteroatoms. The molecule has 0 bridgehead atoms. The fourth-order valence-corrected chi connectivity index (χ4v) is 4.69. The predicted octanol–water partition coefficient (Wildman–Crippen LogP) is 5.46. The summed E-state index contributed by atoms with van der Waals surface area (Å²) in [6, 6.07) is 20.3. The SMILES string of the molecule is CN(C)CCNC(=O)/C=C(\c1cccc(Cl)c1)c1cc(NS(=O)c2ccc(C(C)(C)C)cc2)ccc1N. The van der Waals surface area contributed by atoms with Crippen molar-refractivity contribution in [2.24, 2.45) is 0 Å². The van der Waals surface area contributed by atoms with Gasteiger partial charge in [0.05, 0.1) is 4.90 Å². The van der Waals surface area contributed by atoms with Crippen LogP contribution in [0.15, 0.2) is 77.7 Å². The molecule has 3 aromatic carbocycles. The van der Waals surface area contributed by atoms with Crippen molar-refractivity contribution in [3.63, 3.8) is 0 Å². The van der Waals surface area contributed by atoms with Crippen LogP contribution in [0.4, 0.5) is 11.4 Å². The van der Waals surface area contributed by atoms with Crippen LogP contribution in [-0.2, 0) is 21.2 Å². The third-order valence-electron chi connectivity index (χ3n) is 5.76. The van der Waals surface area contributed by atoms with Crippen LogP contribution in [0.25, 0.3) is 5.57 Å². The van der Waals surface area contributed by atoms with Gasteiger partial charge in [0, 0.05) is 41.1 Å². The number of carbonyl (C=O) groups excluding carboxylic acids is 1. The average Bonchev–Trinajstić information content (AvgIpc) is 2.83. The second-order valence-electron chi connectivity index (χ2n) is 10.1. The number of nitrogens with zero attached hydrogens (tertiary/aromatic N) is 1. The molecule has 0 aliphatic carbocycles. The molecule has 0 saturated carbocycles. The zero-order valence-corrected chi connectivity index (χ0v) is 23.5. The van der Waals surface area contributed by atoms with Gasteiger partial charge in [0.25, 0.3) is 0 Å². The van der Waals surface area contributed by atoms with Gasteiger partial charge in [0.2, 0.25) is 5.91 Å². The van der Waals surface area contributed by atoms with Crippen molar-refractivity contribution in [3.05, 3.63) is 94.5 Å². The molecule has 196 valence electrons. The smallest absolute Gasteiger partial charge is 0.244 e. The fraction of sp³-hybridized carbons (Fsp3) is 0.276. The van der Waals surface area contributed by atoms with Crippen LogP contribution in [0.3, 0.4) is 0 Å². The number of benzene rings is 3. The minimum Gasteiger partial charge on any atom is -0.398 e. The molecular formula is C29H35ClN4O2S. The molecule has 1 atom stereocenters. The number of nitrogen functional groups attached to an aromatic ring is 1. The summed E-state index contributed by atoms with van der Waals surface area (Å²) in [5.74, 6) is -0.239. The predicted molar refractivity (Wildman–Crippen MR) is 156 cm³/mol. The molecule has 0 spiro atoms. The van der Waals surface area contributed by atoms with E-state index in [1.165, 1.54) is 11.6 Å². The largest absolute Gasteiger partial charge is 0.398 e. The Morgan fingerprint density at radius 2 is 1.76 bits per heavy atom. The topological polar surface area (TPSA) is 87.5 Å². The minimum absolute atomic E-state index is 0.0150. The van der Waals surface area contributed by atoms with E-state index >= 15 is 0 Å². The molecule has 0 fully saturated rings. The first-order valence-electron chi connectivity index (χ1n) is 12.0. The Morgan fingerprint density at radius 1 is 1.05 bits per heavy atom. The fourth-order valence-electron chi connectivity index (χ4n) is 3.65. The monoisotopic (exact) mass is 538 g/mol. The van der Waals surface area contributed by atoms with E-state index in [1.807, 2.05) is 55.4 Å². The van der Waals surface area contributed by atoms with Crippen molar-refractivity contribution in [3.8, 4) is 0 Å². The van der Waals surface area contributed by atoms with Crippen LogP contribution in [0.2, 0.25) is 5.02 Å². The van der Waals surface area contributed by atoms with Crippen molar-refractivity contribution in [2.45, 2.75) is 31.1 Å². The molecule has 3 aromatic rings. The second-order valence-corrected chi connectivity index (χ2v) is 11.8. The average molecular weight is 539 g/mol. The van der Waals surface area contributed by atoms with Crippen LogP contribution in [0.5, 0.6) is 0 Å². The molecule has 3 rings (SSSR count). The standard InChI is InChI=1S/C29H35ClN4O2S/c1-29(2,3)21-9-12-24(13-10-21)37(36)33-23-11-14-27(31)26(18-23)25(20-7-6-8-22(30)17-20)19-28(35)32-15-16-34(4)5/h6-14,17-19,33H,15-16,31H2,1-5H3,(H,32,35)/b25-19+. The zero-order valence-electron chi connectivity index (χ0n) is 22.0. The lowest BCUT2D eigenvalue weighted by atomic mass is 9.87. The number of halogens is 1. The Kier molecular flexibility index (Phi) is 9.54.